The van der Waals surface area contributed by atoms with Gasteiger partial charge in [-0.2, -0.15) is 26.3 Å². The predicted molar refractivity (Wildman–Crippen MR) is 139 cm³/mol. The number of rotatable bonds is 8. The lowest BCUT2D eigenvalue weighted by molar-refractivity contribution is -0.164. The fourth-order valence-electron chi connectivity index (χ4n) is 4.51. The Kier molecular flexibility index (Phi) is 8.48. The van der Waals surface area contributed by atoms with Crippen LogP contribution in [0.4, 0.5) is 30.7 Å². The van der Waals surface area contributed by atoms with Gasteiger partial charge in [0.1, 0.15) is 30.6 Å². The van der Waals surface area contributed by atoms with Gasteiger partial charge in [-0.25, -0.2) is 28.5 Å². The Morgan fingerprint density at radius 2 is 1.82 bits per heavy atom. The number of halogens is 8. The molecule has 1 fully saturated rings. The second kappa shape index (κ2) is 12.0. The molecule has 0 radical (unpaired) electrons. The highest BCUT2D eigenvalue weighted by atomic mass is 35.5. The molecule has 4 aromatic rings. The van der Waals surface area contributed by atoms with Gasteiger partial charge in [-0.15, -0.1) is 10.2 Å². The highest BCUT2D eigenvalue weighted by Crippen LogP contribution is 2.32. The van der Waals surface area contributed by atoms with Gasteiger partial charge in [0.25, 0.3) is 0 Å². The summed E-state index contributed by atoms with van der Waals surface area (Å²) in [5.41, 5.74) is -1.97. The van der Waals surface area contributed by atoms with Crippen molar-refractivity contribution in [2.75, 3.05) is 6.54 Å². The van der Waals surface area contributed by atoms with Crippen LogP contribution in [0.25, 0.3) is 17.2 Å². The summed E-state index contributed by atoms with van der Waals surface area (Å²) in [6.45, 7) is -1.84. The Balaban J connectivity index is 1.48. The van der Waals surface area contributed by atoms with Gasteiger partial charge in [-0.05, 0) is 36.4 Å². The number of aromatic nitrogens is 7. The minimum Gasteiger partial charge on any atom is -0.342 e. The molecule has 3 atom stereocenters. The zero-order chi connectivity index (χ0) is 31.8. The van der Waals surface area contributed by atoms with Gasteiger partial charge in [0.05, 0.1) is 12.6 Å². The van der Waals surface area contributed by atoms with Crippen LogP contribution in [-0.4, -0.2) is 71.0 Å². The van der Waals surface area contributed by atoms with E-state index in [-0.39, 0.29) is 30.2 Å². The minimum absolute atomic E-state index is 0.191. The quantitative estimate of drug-likeness (QED) is 0.282. The molecule has 44 heavy (non-hydrogen) atoms. The van der Waals surface area contributed by atoms with E-state index in [4.69, 9.17) is 11.6 Å². The SMILES string of the molecule is O=C(NC(Cn1c(-c2ccc(Cl)cc2)nn(Cc2ncn(-c3ncccc3C(F)(F)F)n2)c1=O)C(F)(F)F)[C@@H]1CC(F)CN1. The van der Waals surface area contributed by atoms with E-state index in [9.17, 15) is 40.3 Å². The van der Waals surface area contributed by atoms with Crippen molar-refractivity contribution in [1.82, 2.24) is 44.7 Å². The highest BCUT2D eigenvalue weighted by molar-refractivity contribution is 6.30. The number of hydrogen-bond donors (Lipinski definition) is 2. The average molecular weight is 648 g/mol. The predicted octanol–water partition coefficient (Wildman–Crippen LogP) is 3.16. The Labute approximate surface area is 247 Å². The first kappa shape index (κ1) is 31.1. The molecular formula is C25H21ClF7N9O2. The molecule has 0 saturated carbocycles. The third-order valence-electron chi connectivity index (χ3n) is 6.64. The Hall–Kier alpha value is -4.32. The first-order chi connectivity index (χ1) is 20.7. The van der Waals surface area contributed by atoms with Crippen LogP contribution in [0.2, 0.25) is 5.02 Å². The van der Waals surface area contributed by atoms with Crippen LogP contribution in [0.15, 0.2) is 53.7 Å². The maximum atomic E-state index is 14.1. The van der Waals surface area contributed by atoms with E-state index < -0.39 is 66.7 Å². The van der Waals surface area contributed by atoms with E-state index in [1.807, 2.05) is 5.32 Å². The van der Waals surface area contributed by atoms with Crippen molar-refractivity contribution in [1.29, 1.82) is 0 Å². The zero-order valence-corrected chi connectivity index (χ0v) is 22.9. The van der Waals surface area contributed by atoms with Crippen LogP contribution in [-0.2, 0) is 24.1 Å². The smallest absolute Gasteiger partial charge is 0.342 e. The summed E-state index contributed by atoms with van der Waals surface area (Å²) in [6, 6.07) is 3.77. The van der Waals surface area contributed by atoms with E-state index >= 15 is 0 Å². The van der Waals surface area contributed by atoms with Crippen LogP contribution in [0, 0.1) is 0 Å². The van der Waals surface area contributed by atoms with Crippen LogP contribution in [0.3, 0.4) is 0 Å². The molecule has 0 aliphatic carbocycles. The molecule has 1 aliphatic heterocycles. The molecule has 1 saturated heterocycles. The summed E-state index contributed by atoms with van der Waals surface area (Å²) in [5, 5.41) is 12.7. The maximum Gasteiger partial charge on any atom is 0.420 e. The molecule has 19 heteroatoms. The second-order valence-electron chi connectivity index (χ2n) is 9.76. The van der Waals surface area contributed by atoms with E-state index in [0.717, 1.165) is 34.0 Å². The number of amides is 1. The number of alkyl halides is 7. The number of carbonyl (C=O) groups is 1. The van der Waals surface area contributed by atoms with Gasteiger partial charge in [0.15, 0.2) is 17.5 Å². The molecule has 1 amide bonds. The van der Waals surface area contributed by atoms with Crippen molar-refractivity contribution < 1.29 is 35.5 Å². The van der Waals surface area contributed by atoms with Crippen molar-refractivity contribution in [2.24, 2.45) is 0 Å². The van der Waals surface area contributed by atoms with Crippen molar-refractivity contribution in [3.05, 3.63) is 75.8 Å². The van der Waals surface area contributed by atoms with E-state index in [1.54, 1.807) is 0 Å². The molecule has 4 heterocycles. The van der Waals surface area contributed by atoms with Gasteiger partial charge in [-0.1, -0.05) is 11.6 Å². The highest BCUT2D eigenvalue weighted by Gasteiger charge is 2.43. The monoisotopic (exact) mass is 647 g/mol. The van der Waals surface area contributed by atoms with Gasteiger partial charge in [0, 0.05) is 29.7 Å². The van der Waals surface area contributed by atoms with E-state index in [1.165, 1.54) is 24.3 Å². The molecule has 1 aromatic carbocycles. The molecule has 0 bridgehead atoms. The number of nitrogens with one attached hydrogen (secondary N) is 2. The van der Waals surface area contributed by atoms with Crippen molar-refractivity contribution >= 4 is 17.5 Å². The number of nitrogens with zero attached hydrogens (tertiary/aromatic N) is 7. The molecule has 0 spiro atoms. The van der Waals surface area contributed by atoms with Gasteiger partial charge in [0.2, 0.25) is 5.91 Å². The van der Waals surface area contributed by atoms with Crippen LogP contribution >= 0.6 is 11.6 Å². The Morgan fingerprint density at radius 3 is 2.45 bits per heavy atom. The summed E-state index contributed by atoms with van der Waals surface area (Å²) in [7, 11) is 0. The van der Waals surface area contributed by atoms with Crippen LogP contribution < -0.4 is 16.3 Å². The van der Waals surface area contributed by atoms with Crippen molar-refractivity contribution in [3.8, 4) is 17.2 Å². The molecule has 2 N–H and O–H groups in total. The topological polar surface area (TPSA) is 125 Å². The van der Waals surface area contributed by atoms with E-state index in [2.05, 4.69) is 25.5 Å². The lowest BCUT2D eigenvalue weighted by atomic mass is 10.1. The molecule has 1 aliphatic rings. The summed E-state index contributed by atoms with van der Waals surface area (Å²) >= 11 is 5.93. The normalized spacial score (nSPS) is 18.0. The molecule has 5 rings (SSSR count). The number of pyridine rings is 1. The summed E-state index contributed by atoms with van der Waals surface area (Å²) < 4.78 is 98.4. The molecule has 234 valence electrons. The third kappa shape index (κ3) is 6.75. The summed E-state index contributed by atoms with van der Waals surface area (Å²) in [4.78, 5) is 33.5. The van der Waals surface area contributed by atoms with E-state index in [0.29, 0.717) is 9.59 Å². The fraction of sp³-hybridized carbons (Fsp3) is 0.360. The lowest BCUT2D eigenvalue weighted by Crippen LogP contribution is -2.53. The number of hydrogen-bond acceptors (Lipinski definition) is 7. The summed E-state index contributed by atoms with van der Waals surface area (Å²) in [6.07, 6.45) is -9.45. The van der Waals surface area contributed by atoms with Crippen LogP contribution in [0.1, 0.15) is 17.8 Å². The molecule has 3 aromatic heterocycles. The van der Waals surface area contributed by atoms with Gasteiger partial charge in [-0.3, -0.25) is 9.36 Å². The lowest BCUT2D eigenvalue weighted by Gasteiger charge is -2.24. The molecule has 2 unspecified atom stereocenters. The van der Waals surface area contributed by atoms with Gasteiger partial charge >= 0.3 is 18.0 Å². The molecular weight excluding hydrogens is 627 g/mol. The Morgan fingerprint density at radius 1 is 1.09 bits per heavy atom. The number of carbonyl (C=O) groups excluding carboxylic acids is 1. The third-order valence-corrected chi connectivity index (χ3v) is 6.89. The fourth-order valence-corrected chi connectivity index (χ4v) is 4.63. The molecule has 11 nitrogen and oxygen atoms in total. The maximum absolute atomic E-state index is 14.1. The summed E-state index contributed by atoms with van der Waals surface area (Å²) in [5.74, 6) is -2.12. The van der Waals surface area contributed by atoms with Crippen molar-refractivity contribution in [2.45, 2.75) is 50.1 Å². The number of benzene rings is 1. The standard InChI is InChI=1S/C25H21ClF7N9O2/c26-14-5-3-13(4-6-14)20-39-41(11-19-36-12-42(38-19)21-16(24(28,29)30)2-1-7-34-21)23(44)40(20)10-18(25(31,32)33)37-22(43)17-8-15(27)9-35-17/h1-7,12,15,17-18,35H,8-11H2,(H,37,43)/t15?,17-,18?/m0/s1. The Bertz CT molecular complexity index is 1700. The first-order valence-corrected chi connectivity index (χ1v) is 13.2. The largest absolute Gasteiger partial charge is 0.420 e. The van der Waals surface area contributed by atoms with Gasteiger partial charge < -0.3 is 10.6 Å². The minimum atomic E-state index is -5.03. The zero-order valence-electron chi connectivity index (χ0n) is 22.1. The average Bonchev–Trinajstić information content (AvgIpc) is 3.68. The second-order valence-corrected chi connectivity index (χ2v) is 10.2. The van der Waals surface area contributed by atoms with Crippen molar-refractivity contribution in [3.63, 3.8) is 0 Å². The first-order valence-electron chi connectivity index (χ1n) is 12.8. The van der Waals surface area contributed by atoms with Crippen LogP contribution in [0.5, 0.6) is 0 Å².